The lowest BCUT2D eigenvalue weighted by Crippen LogP contribution is -2.36. The van der Waals surface area contributed by atoms with E-state index in [-0.39, 0.29) is 79.9 Å². The fourth-order valence-electron chi connectivity index (χ4n) is 6.30. The summed E-state index contributed by atoms with van der Waals surface area (Å²) in [7, 11) is 2.59. The number of carbonyl (C=O) groups is 3. The third-order valence-corrected chi connectivity index (χ3v) is 9.05. The highest BCUT2D eigenvalue weighted by atomic mass is 19.1. The predicted molar refractivity (Wildman–Crippen MR) is 203 cm³/mol. The van der Waals surface area contributed by atoms with Crippen LogP contribution in [0.1, 0.15) is 12.5 Å². The van der Waals surface area contributed by atoms with Crippen molar-refractivity contribution in [3.63, 3.8) is 0 Å². The van der Waals surface area contributed by atoms with Gasteiger partial charge in [0.2, 0.25) is 12.2 Å². The van der Waals surface area contributed by atoms with Gasteiger partial charge in [-0.3, -0.25) is 19.2 Å². The molecule has 0 saturated heterocycles. The number of carbonyl (C=O) groups excluding carboxylic acids is 3. The predicted octanol–water partition coefficient (Wildman–Crippen LogP) is 5.50. The minimum atomic E-state index is -1.05. The van der Waals surface area contributed by atoms with Crippen LogP contribution < -0.4 is 29.4 Å². The van der Waals surface area contributed by atoms with Gasteiger partial charge in [0, 0.05) is 48.7 Å². The number of methoxy groups -OCH3 is 2. The molecule has 0 N–H and O–H groups in total. The van der Waals surface area contributed by atoms with Crippen molar-refractivity contribution in [1.82, 2.24) is 0 Å². The van der Waals surface area contributed by atoms with E-state index in [1.165, 1.54) is 27.2 Å². The average Bonchev–Trinajstić information content (AvgIpc) is 3.18. The zero-order chi connectivity index (χ0) is 40.6. The summed E-state index contributed by atoms with van der Waals surface area (Å²) >= 11 is 0. The van der Waals surface area contributed by atoms with Crippen LogP contribution in [0.25, 0.3) is 33.4 Å². The van der Waals surface area contributed by atoms with Crippen molar-refractivity contribution in [1.29, 1.82) is 0 Å². The van der Waals surface area contributed by atoms with Crippen molar-refractivity contribution in [2.24, 2.45) is 0 Å². The number of benzene rings is 4. The van der Waals surface area contributed by atoms with E-state index in [1.54, 1.807) is 28.0 Å². The molecule has 2 heterocycles. The molecule has 14 nitrogen and oxygen atoms in total. The van der Waals surface area contributed by atoms with Gasteiger partial charge in [0.25, 0.3) is 0 Å². The molecule has 6 rings (SSSR count). The summed E-state index contributed by atoms with van der Waals surface area (Å²) in [4.78, 5) is 52.3. The maximum Gasteiger partial charge on any atom is 0.325 e. The summed E-state index contributed by atoms with van der Waals surface area (Å²) in [6, 6.07) is 15.0. The summed E-state index contributed by atoms with van der Waals surface area (Å²) < 4.78 is 75.1. The summed E-state index contributed by atoms with van der Waals surface area (Å²) in [5, 5.41) is 0.196. The lowest BCUT2D eigenvalue weighted by molar-refractivity contribution is -0.147. The number of hydrogen-bond donors (Lipinski definition) is 0. The number of halogens is 2. The molecular formula is C41H40F2N2O12. The largest absolute Gasteiger partial charge is 0.488 e. The molecule has 0 atom stereocenters. The van der Waals surface area contributed by atoms with E-state index in [1.807, 2.05) is 25.1 Å². The lowest BCUT2D eigenvalue weighted by atomic mass is 9.93. The third kappa shape index (κ3) is 9.52. The van der Waals surface area contributed by atoms with E-state index in [0.29, 0.717) is 34.8 Å². The molecule has 57 heavy (non-hydrogen) atoms. The Morgan fingerprint density at radius 2 is 1.40 bits per heavy atom. The molecule has 0 radical (unpaired) electrons. The Morgan fingerprint density at radius 1 is 0.772 bits per heavy atom. The van der Waals surface area contributed by atoms with Crippen LogP contribution >= 0.6 is 0 Å². The Morgan fingerprint density at radius 3 is 2.04 bits per heavy atom. The number of esters is 3. The van der Waals surface area contributed by atoms with Crippen LogP contribution in [0.3, 0.4) is 0 Å². The summed E-state index contributed by atoms with van der Waals surface area (Å²) in [6.45, 7) is 3.24. The van der Waals surface area contributed by atoms with E-state index < -0.39 is 41.8 Å². The van der Waals surface area contributed by atoms with Gasteiger partial charge in [0.15, 0.2) is 17.4 Å². The summed E-state index contributed by atoms with van der Waals surface area (Å²) in [6.07, 6.45) is 0. The van der Waals surface area contributed by atoms with Crippen molar-refractivity contribution in [3.05, 3.63) is 88.1 Å². The summed E-state index contributed by atoms with van der Waals surface area (Å²) in [5.74, 6) is -3.01. The standard InChI is InChI=1S/C41H40F2N2O12/c1-24-5-7-31-37(15-24)53-13-14-54-38-16-26(6-8-32(38)45(22-40(49)51-4)10-12-52-11-9-44(31)21-39(48)50-3)41-27-17-29(42)33(47)19-34(27)57-35-20-36(30(43)18-28(35)41)56-23-55-25(2)46/h5-8,15-20H,9-14,21-23H2,1-4H3. The normalized spacial score (nSPS) is 13.6. The van der Waals surface area contributed by atoms with Gasteiger partial charge in [0.1, 0.15) is 49.1 Å². The number of anilines is 2. The second-order valence-electron chi connectivity index (χ2n) is 12.9. The van der Waals surface area contributed by atoms with Gasteiger partial charge in [-0.15, -0.1) is 0 Å². The first-order valence-corrected chi connectivity index (χ1v) is 17.8. The van der Waals surface area contributed by atoms with Crippen molar-refractivity contribution in [3.8, 4) is 39.7 Å². The van der Waals surface area contributed by atoms with Crippen LogP contribution in [-0.4, -0.2) is 91.5 Å². The van der Waals surface area contributed by atoms with Crippen LogP contribution in [0.5, 0.6) is 17.2 Å². The van der Waals surface area contributed by atoms with E-state index in [9.17, 15) is 23.6 Å². The molecule has 0 saturated carbocycles. The Hall–Kier alpha value is -6.42. The third-order valence-electron chi connectivity index (χ3n) is 9.05. The molecule has 0 fully saturated rings. The fourth-order valence-corrected chi connectivity index (χ4v) is 6.30. The van der Waals surface area contributed by atoms with Crippen LogP contribution in [0.4, 0.5) is 20.2 Å². The average molecular weight is 791 g/mol. The quantitative estimate of drug-likeness (QED) is 0.0842. The molecule has 0 bridgehead atoms. The van der Waals surface area contributed by atoms with Crippen molar-refractivity contribution in [2.75, 3.05) is 83.4 Å². The molecule has 0 amide bonds. The van der Waals surface area contributed by atoms with Gasteiger partial charge < -0.3 is 47.4 Å². The topological polar surface area (TPSA) is 153 Å². The Bertz CT molecular complexity index is 2310. The van der Waals surface area contributed by atoms with Gasteiger partial charge in [-0.05, 0) is 54.4 Å². The second-order valence-corrected chi connectivity index (χ2v) is 12.9. The van der Waals surface area contributed by atoms with E-state index in [2.05, 4.69) is 0 Å². The molecule has 16 heteroatoms. The van der Waals surface area contributed by atoms with Crippen molar-refractivity contribution >= 4 is 40.3 Å². The van der Waals surface area contributed by atoms with Crippen LogP contribution in [0, 0.1) is 18.6 Å². The smallest absolute Gasteiger partial charge is 0.325 e. The number of ether oxygens (including phenoxy) is 7. The lowest BCUT2D eigenvalue weighted by Gasteiger charge is -2.27. The van der Waals surface area contributed by atoms with E-state index in [4.69, 9.17) is 37.6 Å². The minimum absolute atomic E-state index is 0.000844. The highest BCUT2D eigenvalue weighted by molar-refractivity contribution is 6.02. The van der Waals surface area contributed by atoms with E-state index >= 15 is 4.39 Å². The molecular weight excluding hydrogens is 750 g/mol. The van der Waals surface area contributed by atoms with E-state index in [0.717, 1.165) is 23.8 Å². The van der Waals surface area contributed by atoms with Crippen molar-refractivity contribution < 1.29 is 60.7 Å². The Kier molecular flexibility index (Phi) is 12.7. The fraction of sp³-hybridized carbons (Fsp3) is 0.317. The molecule has 300 valence electrons. The number of fused-ring (bicyclic) bond motifs is 4. The summed E-state index contributed by atoms with van der Waals surface area (Å²) in [5.41, 5.74) is 2.08. The van der Waals surface area contributed by atoms with Gasteiger partial charge in [-0.25, -0.2) is 8.78 Å². The van der Waals surface area contributed by atoms with Crippen LogP contribution in [0.2, 0.25) is 0 Å². The van der Waals surface area contributed by atoms with Crippen LogP contribution in [-0.2, 0) is 33.3 Å². The monoisotopic (exact) mass is 790 g/mol. The maximum absolute atomic E-state index is 15.6. The first kappa shape index (κ1) is 40.2. The second kappa shape index (κ2) is 18.0. The molecule has 1 aliphatic carbocycles. The number of rotatable bonds is 8. The van der Waals surface area contributed by atoms with Crippen molar-refractivity contribution in [2.45, 2.75) is 13.8 Å². The molecule has 0 aromatic heterocycles. The zero-order valence-corrected chi connectivity index (χ0v) is 31.7. The molecule has 3 aliphatic rings. The van der Waals surface area contributed by atoms with Gasteiger partial charge >= 0.3 is 17.9 Å². The molecule has 0 spiro atoms. The molecule has 0 unspecified atom stereocenters. The van der Waals surface area contributed by atoms with Gasteiger partial charge in [-0.1, -0.05) is 12.1 Å². The molecule has 2 aliphatic heterocycles. The molecule has 3 aromatic carbocycles. The zero-order valence-electron chi connectivity index (χ0n) is 31.7. The number of aryl methyl sites for hydroxylation is 1. The van der Waals surface area contributed by atoms with Gasteiger partial charge in [0.05, 0.1) is 38.8 Å². The first-order valence-electron chi connectivity index (χ1n) is 17.8. The highest BCUT2D eigenvalue weighted by Gasteiger charge is 2.25. The van der Waals surface area contributed by atoms with Crippen LogP contribution in [0.15, 0.2) is 69.9 Å². The number of hydrogen-bond acceptors (Lipinski definition) is 14. The number of nitrogens with zero attached hydrogens (tertiary/aromatic N) is 2. The first-order chi connectivity index (χ1) is 27.4. The highest BCUT2D eigenvalue weighted by Crippen LogP contribution is 2.44. The minimum Gasteiger partial charge on any atom is -0.488 e. The SMILES string of the molecule is COC(=O)CN1CCOCCN(CC(=O)OC)c2ccc(-c3c4cc(F)c(=O)cc-4oc4cc(OCOC(C)=O)c(F)cc34)cc2OCCOc2cc(C)ccc21. The Labute approximate surface area is 325 Å². The molecule has 3 aromatic rings. The maximum atomic E-state index is 15.6. The van der Waals surface area contributed by atoms with Gasteiger partial charge in [-0.2, -0.15) is 0 Å². The Balaban J connectivity index is 1.45.